The largest absolute Gasteiger partial charge is 0.460 e. The van der Waals surface area contributed by atoms with Crippen LogP contribution in [0.3, 0.4) is 0 Å². The molecule has 7 nitrogen and oxygen atoms in total. The monoisotopic (exact) mass is 353 g/mol. The van der Waals surface area contributed by atoms with Gasteiger partial charge < -0.3 is 9.32 Å². The number of furan rings is 1. The zero-order valence-electron chi connectivity index (χ0n) is 13.7. The molecule has 4 aromatic rings. The molecule has 0 unspecified atom stereocenters. The van der Waals surface area contributed by atoms with Gasteiger partial charge in [0.2, 0.25) is 0 Å². The van der Waals surface area contributed by atoms with Gasteiger partial charge in [-0.3, -0.25) is 9.89 Å². The number of rotatable bonds is 4. The highest BCUT2D eigenvalue weighted by molar-refractivity contribution is 7.00. The van der Waals surface area contributed by atoms with Gasteiger partial charge in [-0.05, 0) is 36.8 Å². The molecule has 4 rings (SSSR count). The van der Waals surface area contributed by atoms with Gasteiger partial charge in [0.15, 0.2) is 11.5 Å². The number of H-pyrrole nitrogens is 1. The van der Waals surface area contributed by atoms with Crippen LogP contribution in [0.1, 0.15) is 21.8 Å². The first kappa shape index (κ1) is 15.5. The standard InChI is InChI=1S/C17H15N5O2S/c1-10-3-6-16(24-10)14-8-15(19-18-14)17(23)22(2)9-11-4-5-12-13(7-11)21-25-20-12/h3-8H,9H2,1-2H3,(H,18,19). The molecule has 1 N–H and O–H groups in total. The molecule has 0 bridgehead atoms. The van der Waals surface area contributed by atoms with E-state index in [0.717, 1.165) is 22.4 Å². The number of nitrogens with zero attached hydrogens (tertiary/aromatic N) is 4. The van der Waals surface area contributed by atoms with Gasteiger partial charge in [0, 0.05) is 19.7 Å². The highest BCUT2D eigenvalue weighted by Crippen LogP contribution is 2.21. The molecule has 8 heteroatoms. The van der Waals surface area contributed by atoms with Crippen LogP contribution in [0, 0.1) is 6.92 Å². The van der Waals surface area contributed by atoms with Crippen molar-refractivity contribution in [3.63, 3.8) is 0 Å². The van der Waals surface area contributed by atoms with E-state index in [4.69, 9.17) is 4.42 Å². The summed E-state index contributed by atoms with van der Waals surface area (Å²) in [5, 5.41) is 6.96. The Morgan fingerprint density at radius 3 is 2.84 bits per heavy atom. The van der Waals surface area contributed by atoms with E-state index in [1.165, 1.54) is 11.7 Å². The molecule has 25 heavy (non-hydrogen) atoms. The van der Waals surface area contributed by atoms with Gasteiger partial charge in [0.1, 0.15) is 22.5 Å². The Labute approximate surface area is 147 Å². The quantitative estimate of drug-likeness (QED) is 0.608. The number of nitrogens with one attached hydrogen (secondary N) is 1. The average molecular weight is 353 g/mol. The molecule has 0 spiro atoms. The second-order valence-electron chi connectivity index (χ2n) is 5.83. The summed E-state index contributed by atoms with van der Waals surface area (Å²) < 4.78 is 14.0. The maximum Gasteiger partial charge on any atom is 0.274 e. The Bertz CT molecular complexity index is 1050. The average Bonchev–Trinajstić information content (AvgIpc) is 3.33. The third kappa shape index (κ3) is 3.03. The van der Waals surface area contributed by atoms with Crippen LogP contribution in [-0.4, -0.2) is 36.8 Å². The highest BCUT2D eigenvalue weighted by Gasteiger charge is 2.17. The van der Waals surface area contributed by atoms with Gasteiger partial charge >= 0.3 is 0 Å². The summed E-state index contributed by atoms with van der Waals surface area (Å²) in [7, 11) is 1.75. The summed E-state index contributed by atoms with van der Waals surface area (Å²) in [6.45, 7) is 2.34. The maximum atomic E-state index is 12.6. The first-order valence-corrected chi connectivity index (χ1v) is 8.42. The first-order chi connectivity index (χ1) is 12.1. The molecule has 3 aromatic heterocycles. The molecule has 0 saturated carbocycles. The molecular weight excluding hydrogens is 338 g/mol. The van der Waals surface area contributed by atoms with Gasteiger partial charge in [-0.2, -0.15) is 13.8 Å². The summed E-state index contributed by atoms with van der Waals surface area (Å²) in [5.41, 5.74) is 3.74. The molecule has 0 atom stereocenters. The van der Waals surface area contributed by atoms with Crippen molar-refractivity contribution in [3.05, 3.63) is 53.4 Å². The number of benzene rings is 1. The minimum absolute atomic E-state index is 0.165. The molecule has 1 aromatic carbocycles. The predicted octanol–water partition coefficient (Wildman–Crippen LogP) is 3.26. The summed E-state index contributed by atoms with van der Waals surface area (Å²) in [6, 6.07) is 11.2. The van der Waals surface area contributed by atoms with E-state index in [1.54, 1.807) is 18.0 Å². The van der Waals surface area contributed by atoms with Crippen molar-refractivity contribution in [2.75, 3.05) is 7.05 Å². The molecule has 0 saturated heterocycles. The van der Waals surface area contributed by atoms with Gasteiger partial charge in [-0.15, -0.1) is 0 Å². The lowest BCUT2D eigenvalue weighted by molar-refractivity contribution is 0.0779. The number of hydrogen-bond acceptors (Lipinski definition) is 6. The molecular formula is C17H15N5O2S. The van der Waals surface area contributed by atoms with Crippen LogP contribution >= 0.6 is 11.7 Å². The minimum atomic E-state index is -0.165. The number of amides is 1. The molecule has 1 amide bonds. The third-order valence-corrected chi connectivity index (χ3v) is 4.44. The lowest BCUT2D eigenvalue weighted by Gasteiger charge is -2.15. The Morgan fingerprint density at radius 1 is 1.20 bits per heavy atom. The van der Waals surface area contributed by atoms with E-state index in [2.05, 4.69) is 18.9 Å². The Hall–Kier alpha value is -3.00. The lowest BCUT2D eigenvalue weighted by Crippen LogP contribution is -2.26. The molecule has 126 valence electrons. The fourth-order valence-electron chi connectivity index (χ4n) is 2.60. The fraction of sp³-hybridized carbons (Fsp3) is 0.176. The van der Waals surface area contributed by atoms with E-state index < -0.39 is 0 Å². The Kier molecular flexibility index (Phi) is 3.81. The maximum absolute atomic E-state index is 12.6. The minimum Gasteiger partial charge on any atom is -0.460 e. The van der Waals surface area contributed by atoms with E-state index in [-0.39, 0.29) is 5.91 Å². The van der Waals surface area contributed by atoms with E-state index in [9.17, 15) is 4.79 Å². The van der Waals surface area contributed by atoms with Crippen LogP contribution in [0.15, 0.2) is 40.8 Å². The molecule has 0 aliphatic rings. The third-order valence-electron chi connectivity index (χ3n) is 3.89. The van der Waals surface area contributed by atoms with Gasteiger partial charge in [-0.1, -0.05) is 6.07 Å². The van der Waals surface area contributed by atoms with Crippen molar-refractivity contribution in [1.29, 1.82) is 0 Å². The van der Waals surface area contributed by atoms with Gasteiger partial charge in [0.25, 0.3) is 5.91 Å². The molecule has 0 aliphatic heterocycles. The Balaban J connectivity index is 1.51. The van der Waals surface area contributed by atoms with Crippen LogP contribution < -0.4 is 0 Å². The number of hydrogen-bond donors (Lipinski definition) is 1. The predicted molar refractivity (Wildman–Crippen MR) is 94.2 cm³/mol. The van der Waals surface area contributed by atoms with Crippen molar-refractivity contribution in [2.45, 2.75) is 13.5 Å². The van der Waals surface area contributed by atoms with Crippen molar-refractivity contribution in [2.24, 2.45) is 0 Å². The normalized spacial score (nSPS) is 11.1. The van der Waals surface area contributed by atoms with Crippen LogP contribution in [-0.2, 0) is 6.54 Å². The number of carbonyl (C=O) groups excluding carboxylic acids is 1. The summed E-state index contributed by atoms with van der Waals surface area (Å²) in [4.78, 5) is 14.2. The molecule has 0 fully saturated rings. The number of fused-ring (bicyclic) bond motifs is 1. The summed E-state index contributed by atoms with van der Waals surface area (Å²) >= 11 is 1.18. The second-order valence-corrected chi connectivity index (χ2v) is 6.35. The van der Waals surface area contributed by atoms with Crippen molar-refractivity contribution in [1.82, 2.24) is 23.8 Å². The second kappa shape index (κ2) is 6.14. The zero-order valence-corrected chi connectivity index (χ0v) is 14.5. The topological polar surface area (TPSA) is 87.9 Å². The SMILES string of the molecule is Cc1ccc(-c2cc(C(=O)N(C)Cc3ccc4nsnc4c3)n[nH]2)o1. The summed E-state index contributed by atoms with van der Waals surface area (Å²) in [5.74, 6) is 1.30. The molecule has 0 radical (unpaired) electrons. The Morgan fingerprint density at radius 2 is 2.04 bits per heavy atom. The van der Waals surface area contributed by atoms with Crippen LogP contribution in [0.25, 0.3) is 22.5 Å². The van der Waals surface area contributed by atoms with Crippen molar-refractivity contribution in [3.8, 4) is 11.5 Å². The smallest absolute Gasteiger partial charge is 0.274 e. The summed E-state index contributed by atoms with van der Waals surface area (Å²) in [6.07, 6.45) is 0. The highest BCUT2D eigenvalue weighted by atomic mass is 32.1. The van der Waals surface area contributed by atoms with Crippen molar-refractivity contribution < 1.29 is 9.21 Å². The van der Waals surface area contributed by atoms with Crippen LogP contribution in [0.2, 0.25) is 0 Å². The van der Waals surface area contributed by atoms with E-state index in [0.29, 0.717) is 23.7 Å². The fourth-order valence-corrected chi connectivity index (χ4v) is 3.12. The number of carbonyl (C=O) groups is 1. The van der Waals surface area contributed by atoms with Crippen molar-refractivity contribution >= 4 is 28.7 Å². The number of aromatic nitrogens is 4. The number of aryl methyl sites for hydroxylation is 1. The van der Waals surface area contributed by atoms with E-state index >= 15 is 0 Å². The molecule has 0 aliphatic carbocycles. The van der Waals surface area contributed by atoms with Gasteiger partial charge in [0.05, 0.1) is 11.7 Å². The lowest BCUT2D eigenvalue weighted by atomic mass is 10.2. The molecule has 3 heterocycles. The van der Waals surface area contributed by atoms with Gasteiger partial charge in [-0.25, -0.2) is 0 Å². The van der Waals surface area contributed by atoms with Crippen LogP contribution in [0.4, 0.5) is 0 Å². The van der Waals surface area contributed by atoms with Crippen LogP contribution in [0.5, 0.6) is 0 Å². The zero-order chi connectivity index (χ0) is 17.4. The van der Waals surface area contributed by atoms with E-state index in [1.807, 2.05) is 37.3 Å². The first-order valence-electron chi connectivity index (χ1n) is 7.69. The number of aromatic amines is 1.